The Labute approximate surface area is 123 Å². The van der Waals surface area contributed by atoms with E-state index < -0.39 is 12.1 Å². The number of hydrogen-bond donors (Lipinski definition) is 1. The van der Waals surface area contributed by atoms with Crippen molar-refractivity contribution in [1.29, 1.82) is 0 Å². The fraction of sp³-hybridized carbons (Fsp3) is 0.643. The number of aryl methyl sites for hydroxylation is 1. The van der Waals surface area contributed by atoms with Gasteiger partial charge in [0.1, 0.15) is 17.1 Å². The number of hydrogen-bond acceptors (Lipinski definition) is 4. The predicted molar refractivity (Wildman–Crippen MR) is 78.2 cm³/mol. The van der Waals surface area contributed by atoms with Crippen molar-refractivity contribution in [2.45, 2.75) is 52.7 Å². The van der Waals surface area contributed by atoms with Crippen LogP contribution in [0.5, 0.6) is 0 Å². The lowest BCUT2D eigenvalue weighted by Crippen LogP contribution is -2.64. The molecule has 1 aliphatic rings. The smallest absolute Gasteiger partial charge is 0.246 e. The highest BCUT2D eigenvalue weighted by molar-refractivity contribution is 7.11. The van der Waals surface area contributed by atoms with Gasteiger partial charge in [-0.25, -0.2) is 4.98 Å². The highest BCUT2D eigenvalue weighted by atomic mass is 32.1. The first-order valence-corrected chi connectivity index (χ1v) is 7.77. The summed E-state index contributed by atoms with van der Waals surface area (Å²) < 4.78 is 0. The van der Waals surface area contributed by atoms with Gasteiger partial charge in [0.15, 0.2) is 0 Å². The van der Waals surface area contributed by atoms with Crippen molar-refractivity contribution in [1.82, 2.24) is 15.2 Å². The van der Waals surface area contributed by atoms with E-state index in [1.165, 1.54) is 0 Å². The van der Waals surface area contributed by atoms with Crippen LogP contribution in [-0.2, 0) is 16.1 Å². The number of amides is 2. The molecule has 0 aromatic carbocycles. The third-order valence-corrected chi connectivity index (χ3v) is 4.41. The van der Waals surface area contributed by atoms with E-state index in [0.29, 0.717) is 13.0 Å². The summed E-state index contributed by atoms with van der Waals surface area (Å²) in [6.45, 7) is 8.24. The van der Waals surface area contributed by atoms with E-state index in [1.54, 1.807) is 22.4 Å². The van der Waals surface area contributed by atoms with E-state index in [4.69, 9.17) is 0 Å². The van der Waals surface area contributed by atoms with E-state index in [-0.39, 0.29) is 17.7 Å². The summed E-state index contributed by atoms with van der Waals surface area (Å²) in [7, 11) is 0. The Balaban J connectivity index is 2.27. The minimum Gasteiger partial charge on any atom is -0.343 e. The normalized spacial score (nSPS) is 23.4. The third-order valence-electron chi connectivity index (χ3n) is 3.52. The molecule has 2 heterocycles. The van der Waals surface area contributed by atoms with E-state index >= 15 is 0 Å². The highest BCUT2D eigenvalue weighted by Crippen LogP contribution is 2.23. The van der Waals surface area contributed by atoms with Gasteiger partial charge in [0.2, 0.25) is 11.8 Å². The second kappa shape index (κ2) is 5.91. The number of rotatable bonds is 4. The zero-order valence-corrected chi connectivity index (χ0v) is 13.2. The van der Waals surface area contributed by atoms with Crippen molar-refractivity contribution >= 4 is 23.2 Å². The van der Waals surface area contributed by atoms with Gasteiger partial charge in [-0.3, -0.25) is 9.59 Å². The summed E-state index contributed by atoms with van der Waals surface area (Å²) in [5.41, 5.74) is 0. The van der Waals surface area contributed by atoms with Crippen LogP contribution < -0.4 is 5.32 Å². The first-order chi connectivity index (χ1) is 9.43. The minimum absolute atomic E-state index is 0.00125. The zero-order chi connectivity index (χ0) is 14.9. The molecule has 0 radical (unpaired) electrons. The maximum absolute atomic E-state index is 12.5. The molecule has 110 valence electrons. The Morgan fingerprint density at radius 1 is 1.45 bits per heavy atom. The number of nitrogens with one attached hydrogen (secondary N) is 1. The topological polar surface area (TPSA) is 62.3 Å². The molecule has 2 atom stereocenters. The highest BCUT2D eigenvalue weighted by Gasteiger charge is 2.41. The van der Waals surface area contributed by atoms with Gasteiger partial charge >= 0.3 is 0 Å². The molecule has 0 saturated carbocycles. The van der Waals surface area contributed by atoms with Crippen LogP contribution in [0, 0.1) is 12.8 Å². The lowest BCUT2D eigenvalue weighted by molar-refractivity contribution is -0.152. The fourth-order valence-electron chi connectivity index (χ4n) is 2.53. The van der Waals surface area contributed by atoms with E-state index in [9.17, 15) is 9.59 Å². The van der Waals surface area contributed by atoms with E-state index in [0.717, 1.165) is 9.88 Å². The Morgan fingerprint density at radius 3 is 2.65 bits per heavy atom. The van der Waals surface area contributed by atoms with Gasteiger partial charge in [-0.2, -0.15) is 0 Å². The Morgan fingerprint density at radius 2 is 2.15 bits per heavy atom. The molecule has 20 heavy (non-hydrogen) atoms. The van der Waals surface area contributed by atoms with Crippen LogP contribution in [0.3, 0.4) is 0 Å². The quantitative estimate of drug-likeness (QED) is 0.920. The average Bonchev–Trinajstić information content (AvgIpc) is 2.78. The maximum Gasteiger partial charge on any atom is 0.246 e. The van der Waals surface area contributed by atoms with Gasteiger partial charge in [0.05, 0.1) is 6.54 Å². The minimum atomic E-state index is -0.408. The molecule has 2 unspecified atom stereocenters. The van der Waals surface area contributed by atoms with Gasteiger partial charge in [0.25, 0.3) is 0 Å². The molecular formula is C14H21N3O2S. The van der Waals surface area contributed by atoms with Crippen LogP contribution >= 0.6 is 11.3 Å². The fourth-order valence-corrected chi connectivity index (χ4v) is 3.32. The van der Waals surface area contributed by atoms with Gasteiger partial charge in [-0.15, -0.1) is 11.3 Å². The van der Waals surface area contributed by atoms with Crippen LogP contribution in [0.1, 0.15) is 37.1 Å². The van der Waals surface area contributed by atoms with Gasteiger partial charge in [-0.1, -0.05) is 20.8 Å². The molecule has 1 fully saturated rings. The molecule has 1 aromatic rings. The standard InChI is InChI=1S/C14H21N3O2S/c1-5-10-14(19)17(7-11-15-6-9(4)20-11)12(8(2)3)13(18)16-10/h6,8,10,12H,5,7H2,1-4H3,(H,16,18). The summed E-state index contributed by atoms with van der Waals surface area (Å²) in [6.07, 6.45) is 2.42. The number of thiazole rings is 1. The van der Waals surface area contributed by atoms with Crippen molar-refractivity contribution < 1.29 is 9.59 Å². The molecular weight excluding hydrogens is 274 g/mol. The van der Waals surface area contributed by atoms with E-state index in [2.05, 4.69) is 10.3 Å². The molecule has 1 aliphatic heterocycles. The second-order valence-corrected chi connectivity index (χ2v) is 6.81. The third kappa shape index (κ3) is 2.85. The maximum atomic E-state index is 12.5. The Hall–Kier alpha value is -1.43. The van der Waals surface area contributed by atoms with Crippen molar-refractivity contribution in [2.75, 3.05) is 0 Å². The summed E-state index contributed by atoms with van der Waals surface area (Å²) >= 11 is 1.57. The Kier molecular flexibility index (Phi) is 4.42. The number of nitrogens with zero attached hydrogens (tertiary/aromatic N) is 2. The predicted octanol–water partition coefficient (Wildman–Crippen LogP) is 1.71. The average molecular weight is 295 g/mol. The van der Waals surface area contributed by atoms with Gasteiger partial charge < -0.3 is 10.2 Å². The monoisotopic (exact) mass is 295 g/mol. The summed E-state index contributed by atoms with van der Waals surface area (Å²) in [5, 5.41) is 3.70. The first-order valence-electron chi connectivity index (χ1n) is 6.96. The molecule has 5 nitrogen and oxygen atoms in total. The Bertz CT molecular complexity index is 512. The van der Waals surface area contributed by atoms with Crippen LogP contribution in [0.25, 0.3) is 0 Å². The zero-order valence-electron chi connectivity index (χ0n) is 12.3. The number of aromatic nitrogens is 1. The van der Waals surface area contributed by atoms with Crippen LogP contribution in [0.4, 0.5) is 0 Å². The first kappa shape index (κ1) is 15.0. The molecule has 1 saturated heterocycles. The van der Waals surface area contributed by atoms with Gasteiger partial charge in [0, 0.05) is 11.1 Å². The number of piperazine rings is 1. The van der Waals surface area contributed by atoms with Crippen molar-refractivity contribution in [3.63, 3.8) is 0 Å². The lowest BCUT2D eigenvalue weighted by Gasteiger charge is -2.40. The molecule has 0 spiro atoms. The SMILES string of the molecule is CCC1NC(=O)C(C(C)C)N(Cc2ncc(C)s2)C1=O. The largest absolute Gasteiger partial charge is 0.343 e. The van der Waals surface area contributed by atoms with Crippen LogP contribution in [-0.4, -0.2) is 33.8 Å². The molecule has 1 N–H and O–H groups in total. The number of carbonyl (C=O) groups is 2. The van der Waals surface area contributed by atoms with Crippen LogP contribution in [0.2, 0.25) is 0 Å². The van der Waals surface area contributed by atoms with Crippen molar-refractivity contribution in [3.8, 4) is 0 Å². The molecule has 2 amide bonds. The second-order valence-electron chi connectivity index (χ2n) is 5.49. The number of carbonyl (C=O) groups excluding carboxylic acids is 2. The lowest BCUT2D eigenvalue weighted by atomic mass is 9.96. The summed E-state index contributed by atoms with van der Waals surface area (Å²) in [4.78, 5) is 31.9. The van der Waals surface area contributed by atoms with Gasteiger partial charge in [-0.05, 0) is 19.3 Å². The molecule has 0 aliphatic carbocycles. The molecule has 2 rings (SSSR count). The summed E-state index contributed by atoms with van der Waals surface area (Å²) in [5.74, 6) is 0.0243. The molecule has 6 heteroatoms. The van der Waals surface area contributed by atoms with Crippen molar-refractivity contribution in [2.24, 2.45) is 5.92 Å². The molecule has 0 bridgehead atoms. The molecule has 1 aromatic heterocycles. The van der Waals surface area contributed by atoms with Crippen molar-refractivity contribution in [3.05, 3.63) is 16.1 Å². The van der Waals surface area contributed by atoms with E-state index in [1.807, 2.05) is 27.7 Å². The van der Waals surface area contributed by atoms with Crippen LogP contribution in [0.15, 0.2) is 6.20 Å². The summed E-state index contributed by atoms with van der Waals surface area (Å²) in [6, 6.07) is -0.812.